The SMILES string of the molecule is CC(C)NCc1cccnc1SCC(O)CO. The van der Waals surface area contributed by atoms with Crippen LogP contribution in [0.3, 0.4) is 0 Å². The molecule has 1 heterocycles. The van der Waals surface area contributed by atoms with Gasteiger partial charge in [-0.25, -0.2) is 4.98 Å². The van der Waals surface area contributed by atoms with E-state index in [1.165, 1.54) is 11.8 Å². The number of aliphatic hydroxyl groups is 2. The van der Waals surface area contributed by atoms with Crippen LogP contribution in [-0.4, -0.2) is 39.7 Å². The molecule has 0 spiro atoms. The smallest absolute Gasteiger partial charge is 0.101 e. The van der Waals surface area contributed by atoms with Crippen molar-refractivity contribution in [2.24, 2.45) is 0 Å². The van der Waals surface area contributed by atoms with Gasteiger partial charge in [-0.2, -0.15) is 0 Å². The van der Waals surface area contributed by atoms with Crippen LogP contribution in [0.2, 0.25) is 0 Å². The molecule has 1 rings (SSSR count). The van der Waals surface area contributed by atoms with Crippen molar-refractivity contribution < 1.29 is 10.2 Å². The van der Waals surface area contributed by atoms with E-state index in [0.717, 1.165) is 17.1 Å². The van der Waals surface area contributed by atoms with Gasteiger partial charge in [-0.05, 0) is 11.6 Å². The molecule has 96 valence electrons. The van der Waals surface area contributed by atoms with E-state index >= 15 is 0 Å². The number of nitrogens with one attached hydrogen (secondary N) is 1. The minimum atomic E-state index is -0.687. The third-order valence-electron chi connectivity index (χ3n) is 2.17. The number of nitrogens with zero attached hydrogens (tertiary/aromatic N) is 1. The lowest BCUT2D eigenvalue weighted by atomic mass is 10.2. The lowest BCUT2D eigenvalue weighted by molar-refractivity contribution is 0.113. The first-order valence-electron chi connectivity index (χ1n) is 5.72. The normalized spacial score (nSPS) is 13.0. The molecule has 4 nitrogen and oxygen atoms in total. The first-order chi connectivity index (χ1) is 8.13. The molecular weight excluding hydrogens is 236 g/mol. The average molecular weight is 256 g/mol. The third kappa shape index (κ3) is 5.50. The molecule has 3 N–H and O–H groups in total. The molecule has 0 aliphatic carbocycles. The summed E-state index contributed by atoms with van der Waals surface area (Å²) in [5.41, 5.74) is 1.12. The van der Waals surface area contributed by atoms with Gasteiger partial charge in [-0.3, -0.25) is 0 Å². The molecule has 17 heavy (non-hydrogen) atoms. The highest BCUT2D eigenvalue weighted by molar-refractivity contribution is 7.99. The Hall–Kier alpha value is -0.620. The van der Waals surface area contributed by atoms with Crippen LogP contribution in [0.4, 0.5) is 0 Å². The number of hydrogen-bond donors (Lipinski definition) is 3. The Balaban J connectivity index is 2.57. The Morgan fingerprint density at radius 1 is 1.47 bits per heavy atom. The fourth-order valence-electron chi connectivity index (χ4n) is 1.23. The highest BCUT2D eigenvalue weighted by Gasteiger charge is 2.08. The zero-order valence-corrected chi connectivity index (χ0v) is 11.1. The van der Waals surface area contributed by atoms with Crippen molar-refractivity contribution in [3.05, 3.63) is 23.9 Å². The summed E-state index contributed by atoms with van der Waals surface area (Å²) in [5.74, 6) is 0.461. The summed E-state index contributed by atoms with van der Waals surface area (Å²) in [4.78, 5) is 4.29. The standard InChI is InChI=1S/C12H20N2O2S/c1-9(2)14-6-10-4-3-5-13-12(10)17-8-11(16)7-15/h3-5,9,11,14-16H,6-8H2,1-2H3. The predicted molar refractivity (Wildman–Crippen MR) is 70.0 cm³/mol. The summed E-state index contributed by atoms with van der Waals surface area (Å²) in [6.45, 7) is 4.75. The van der Waals surface area contributed by atoms with Crippen LogP contribution in [0.15, 0.2) is 23.4 Å². The van der Waals surface area contributed by atoms with Crippen LogP contribution in [-0.2, 0) is 6.54 Å². The van der Waals surface area contributed by atoms with Crippen molar-refractivity contribution >= 4 is 11.8 Å². The number of rotatable bonds is 7. The second-order valence-corrected chi connectivity index (χ2v) is 5.16. The highest BCUT2D eigenvalue weighted by atomic mass is 32.2. The molecule has 1 unspecified atom stereocenters. The van der Waals surface area contributed by atoms with Gasteiger partial charge in [0.25, 0.3) is 0 Å². The molecule has 0 saturated heterocycles. The van der Waals surface area contributed by atoms with Crippen molar-refractivity contribution in [2.75, 3.05) is 12.4 Å². The number of pyridine rings is 1. The highest BCUT2D eigenvalue weighted by Crippen LogP contribution is 2.20. The van der Waals surface area contributed by atoms with Gasteiger partial charge in [0.2, 0.25) is 0 Å². The number of hydrogen-bond acceptors (Lipinski definition) is 5. The summed E-state index contributed by atoms with van der Waals surface area (Å²) >= 11 is 1.47. The Morgan fingerprint density at radius 2 is 2.24 bits per heavy atom. The lowest BCUT2D eigenvalue weighted by Gasteiger charge is -2.12. The molecule has 1 aromatic heterocycles. The molecule has 0 aliphatic heterocycles. The van der Waals surface area contributed by atoms with E-state index in [2.05, 4.69) is 24.1 Å². The van der Waals surface area contributed by atoms with Gasteiger partial charge in [0, 0.05) is 24.5 Å². The summed E-state index contributed by atoms with van der Waals surface area (Å²) in [5, 5.41) is 22.3. The van der Waals surface area contributed by atoms with E-state index in [1.54, 1.807) is 6.20 Å². The van der Waals surface area contributed by atoms with E-state index in [9.17, 15) is 5.11 Å². The molecule has 0 radical (unpaired) electrons. The molecule has 0 amide bonds. The van der Waals surface area contributed by atoms with E-state index in [4.69, 9.17) is 5.11 Å². The maximum atomic E-state index is 9.31. The Bertz CT molecular complexity index is 334. The van der Waals surface area contributed by atoms with Gasteiger partial charge >= 0.3 is 0 Å². The maximum Gasteiger partial charge on any atom is 0.101 e. The first-order valence-corrected chi connectivity index (χ1v) is 6.71. The quantitative estimate of drug-likeness (QED) is 0.636. The predicted octanol–water partition coefficient (Wildman–Crippen LogP) is 1.02. The third-order valence-corrected chi connectivity index (χ3v) is 3.37. The molecule has 0 fully saturated rings. The van der Waals surface area contributed by atoms with Crippen LogP contribution in [0, 0.1) is 0 Å². The largest absolute Gasteiger partial charge is 0.394 e. The summed E-state index contributed by atoms with van der Waals surface area (Å²) in [6.07, 6.45) is 1.06. The van der Waals surface area contributed by atoms with E-state index in [1.807, 2.05) is 12.1 Å². The van der Waals surface area contributed by atoms with Crippen LogP contribution in [0.1, 0.15) is 19.4 Å². The molecule has 0 bridgehead atoms. The minimum absolute atomic E-state index is 0.209. The van der Waals surface area contributed by atoms with E-state index < -0.39 is 6.10 Å². The van der Waals surface area contributed by atoms with Crippen LogP contribution >= 0.6 is 11.8 Å². The Labute approximate surface area is 106 Å². The molecule has 0 aliphatic rings. The topological polar surface area (TPSA) is 65.4 Å². The van der Waals surface area contributed by atoms with Gasteiger partial charge in [0.1, 0.15) is 5.03 Å². The molecule has 1 aromatic rings. The van der Waals surface area contributed by atoms with Crippen LogP contribution in [0.25, 0.3) is 0 Å². The molecule has 0 saturated carbocycles. The van der Waals surface area contributed by atoms with Crippen molar-refractivity contribution in [3.63, 3.8) is 0 Å². The number of aliphatic hydroxyl groups excluding tert-OH is 2. The lowest BCUT2D eigenvalue weighted by Crippen LogP contribution is -2.22. The van der Waals surface area contributed by atoms with Gasteiger partial charge in [0.15, 0.2) is 0 Å². The second kappa shape index (κ2) is 7.66. The molecular formula is C12H20N2O2S. The maximum absolute atomic E-state index is 9.31. The van der Waals surface area contributed by atoms with Crippen molar-refractivity contribution in [1.29, 1.82) is 0 Å². The molecule has 5 heteroatoms. The van der Waals surface area contributed by atoms with Crippen molar-refractivity contribution in [2.45, 2.75) is 37.6 Å². The van der Waals surface area contributed by atoms with Gasteiger partial charge in [-0.1, -0.05) is 19.9 Å². The Kier molecular flexibility index (Phi) is 6.50. The van der Waals surface area contributed by atoms with Crippen LogP contribution < -0.4 is 5.32 Å². The summed E-state index contributed by atoms with van der Waals surface area (Å²) < 4.78 is 0. The van der Waals surface area contributed by atoms with Crippen LogP contribution in [0.5, 0.6) is 0 Å². The van der Waals surface area contributed by atoms with E-state index in [0.29, 0.717) is 11.8 Å². The first kappa shape index (κ1) is 14.4. The summed E-state index contributed by atoms with van der Waals surface area (Å²) in [7, 11) is 0. The fraction of sp³-hybridized carbons (Fsp3) is 0.583. The monoisotopic (exact) mass is 256 g/mol. The summed E-state index contributed by atoms with van der Waals surface area (Å²) in [6, 6.07) is 4.36. The number of aromatic nitrogens is 1. The van der Waals surface area contributed by atoms with Gasteiger partial charge < -0.3 is 15.5 Å². The van der Waals surface area contributed by atoms with E-state index in [-0.39, 0.29) is 6.61 Å². The van der Waals surface area contributed by atoms with Crippen molar-refractivity contribution in [3.8, 4) is 0 Å². The zero-order valence-electron chi connectivity index (χ0n) is 10.3. The molecule has 1 atom stereocenters. The van der Waals surface area contributed by atoms with Crippen molar-refractivity contribution in [1.82, 2.24) is 10.3 Å². The second-order valence-electron chi connectivity index (χ2n) is 4.15. The zero-order chi connectivity index (χ0) is 12.7. The van der Waals surface area contributed by atoms with Gasteiger partial charge in [-0.15, -0.1) is 11.8 Å². The Morgan fingerprint density at radius 3 is 2.88 bits per heavy atom. The number of thioether (sulfide) groups is 1. The average Bonchev–Trinajstić information content (AvgIpc) is 2.34. The fourth-order valence-corrected chi connectivity index (χ4v) is 2.15. The van der Waals surface area contributed by atoms with Gasteiger partial charge in [0.05, 0.1) is 12.7 Å². The molecule has 0 aromatic carbocycles. The minimum Gasteiger partial charge on any atom is -0.394 e.